The minimum Gasteiger partial charge on any atom is -0.459 e. The number of β-amino-alcohol motifs (C(OH)–C–C–N with tert-alkyl or cyclic N) is 1. The van der Waals surface area contributed by atoms with Gasteiger partial charge in [0.15, 0.2) is 12.6 Å². The number of esters is 1. The molecule has 292 valence electrons. The van der Waals surface area contributed by atoms with E-state index in [0.29, 0.717) is 13.0 Å². The van der Waals surface area contributed by atoms with Crippen LogP contribution < -0.4 is 0 Å². The third-order valence-corrected chi connectivity index (χ3v) is 11.5. The Morgan fingerprint density at radius 1 is 1.00 bits per heavy atom. The summed E-state index contributed by atoms with van der Waals surface area (Å²) in [5.74, 6) is -3.28. The van der Waals surface area contributed by atoms with Gasteiger partial charge in [0.1, 0.15) is 23.9 Å². The number of likely N-dealkylation sites (N-methyl/N-ethyl adjacent to an activating group) is 2. The van der Waals surface area contributed by atoms with Crippen molar-refractivity contribution in [1.82, 2.24) is 9.80 Å². The van der Waals surface area contributed by atoms with Crippen LogP contribution in [-0.4, -0.2) is 162 Å². The zero-order chi connectivity index (χ0) is 37.5. The van der Waals surface area contributed by atoms with Crippen LogP contribution in [0.1, 0.15) is 81.1 Å². The number of carbonyl (C=O) groups is 1. The molecule has 0 saturated carbocycles. The Morgan fingerprint density at radius 3 is 2.26 bits per heavy atom. The average Bonchev–Trinajstić information content (AvgIpc) is 3.76. The number of ether oxygens (including phenoxy) is 7. The molecule has 0 bridgehead atoms. The van der Waals surface area contributed by atoms with E-state index in [1.54, 1.807) is 27.9 Å². The SMILES string of the molecule is CC[C@H]1OC(=O)[C@H](C)[C@@H](O[C@H]2CC3(OC)O[C@H]3[C@@H](C)O2)[C@H](C)[C@@H](O[C@@H]2O[C@H](C)CC(N(C)C)C2O)[C@](C)(O)C[C@@H](C)CN(C)C[C@H](O)[C@]1(C)O. The number of hydrogen-bond acceptors (Lipinski definition) is 14. The van der Waals surface area contributed by atoms with Crippen molar-refractivity contribution in [3.63, 3.8) is 0 Å². The summed E-state index contributed by atoms with van der Waals surface area (Å²) in [5, 5.41) is 46.6. The van der Waals surface area contributed by atoms with Gasteiger partial charge in [-0.2, -0.15) is 0 Å². The van der Waals surface area contributed by atoms with Crippen molar-refractivity contribution in [2.45, 2.75) is 166 Å². The highest BCUT2D eigenvalue weighted by atomic mass is 16.8. The van der Waals surface area contributed by atoms with Gasteiger partial charge >= 0.3 is 5.97 Å². The van der Waals surface area contributed by atoms with Crippen LogP contribution in [0.25, 0.3) is 0 Å². The number of hydrogen-bond donors (Lipinski definition) is 4. The Balaban J connectivity index is 1.77. The van der Waals surface area contributed by atoms with E-state index in [1.807, 2.05) is 58.6 Å². The van der Waals surface area contributed by atoms with Gasteiger partial charge in [0.05, 0.1) is 48.5 Å². The summed E-state index contributed by atoms with van der Waals surface area (Å²) in [6.07, 6.45) is -6.62. The van der Waals surface area contributed by atoms with Gasteiger partial charge in [-0.1, -0.05) is 20.8 Å². The molecule has 17 atom stereocenters. The van der Waals surface area contributed by atoms with Crippen LogP contribution >= 0.6 is 0 Å². The Labute approximate surface area is 298 Å². The molecule has 4 N–H and O–H groups in total. The zero-order valence-electron chi connectivity index (χ0n) is 32.3. The van der Waals surface area contributed by atoms with Gasteiger partial charge in [0, 0.05) is 32.2 Å². The fourth-order valence-electron chi connectivity index (χ4n) is 8.58. The van der Waals surface area contributed by atoms with Crippen LogP contribution in [0.2, 0.25) is 0 Å². The van der Waals surface area contributed by atoms with Gasteiger partial charge in [0.25, 0.3) is 0 Å². The maximum Gasteiger partial charge on any atom is 0.311 e. The van der Waals surface area contributed by atoms with Crippen molar-refractivity contribution in [2.24, 2.45) is 17.8 Å². The van der Waals surface area contributed by atoms with Crippen LogP contribution in [-0.2, 0) is 38.0 Å². The maximum absolute atomic E-state index is 14.1. The van der Waals surface area contributed by atoms with Crippen molar-refractivity contribution in [2.75, 3.05) is 41.3 Å². The maximum atomic E-state index is 14.1. The first-order chi connectivity index (χ1) is 23.2. The standard InChI is InChI=1S/C36H66N2O12/c1-13-26-35(8,43)25(39)18-38(11)17-19(2)15-34(7,42)30(49-33-28(40)24(37(9)10)14-20(3)45-33)21(4)29(22(5)32(41)47-26)48-27-16-36(44-12)31(50-36)23(6)46-27/h19-31,33,39-40,42-43H,13-18H2,1-12H3/t19-,20-,21+,22-,23-,24?,25+,26-,27+,28?,29+,30-,31+,33+,34-,35+,36?/m1/s1. The van der Waals surface area contributed by atoms with Gasteiger partial charge in [0.2, 0.25) is 5.79 Å². The lowest BCUT2D eigenvalue weighted by Gasteiger charge is -2.47. The summed E-state index contributed by atoms with van der Waals surface area (Å²) < 4.78 is 43.4. The first-order valence-corrected chi connectivity index (χ1v) is 18.4. The van der Waals surface area contributed by atoms with E-state index >= 15 is 0 Å². The number of cyclic esters (lactones) is 1. The highest BCUT2D eigenvalue weighted by Crippen LogP contribution is 2.49. The molecule has 4 rings (SSSR count). The Bertz CT molecular complexity index is 1130. The van der Waals surface area contributed by atoms with E-state index in [2.05, 4.69) is 0 Å². The summed E-state index contributed by atoms with van der Waals surface area (Å²) in [5.41, 5.74) is -3.27. The number of methoxy groups -OCH3 is 1. The molecule has 4 saturated heterocycles. The molecular weight excluding hydrogens is 652 g/mol. The number of carbonyl (C=O) groups excluding carboxylic acids is 1. The Kier molecular flexibility index (Phi) is 13.5. The van der Waals surface area contributed by atoms with Crippen molar-refractivity contribution in [3.8, 4) is 0 Å². The molecule has 4 heterocycles. The van der Waals surface area contributed by atoms with E-state index in [1.165, 1.54) is 6.92 Å². The molecule has 0 spiro atoms. The second kappa shape index (κ2) is 16.2. The minimum absolute atomic E-state index is 0.106. The van der Waals surface area contributed by atoms with Crippen LogP contribution in [0, 0.1) is 17.8 Å². The number of nitrogens with zero attached hydrogens (tertiary/aromatic N) is 2. The molecule has 4 aliphatic heterocycles. The summed E-state index contributed by atoms with van der Waals surface area (Å²) in [6, 6.07) is -0.251. The van der Waals surface area contributed by atoms with Crippen LogP contribution in [0.3, 0.4) is 0 Å². The number of epoxide rings is 1. The molecule has 14 heteroatoms. The summed E-state index contributed by atoms with van der Waals surface area (Å²) >= 11 is 0. The lowest BCUT2D eigenvalue weighted by atomic mass is 9.77. The van der Waals surface area contributed by atoms with Crippen molar-refractivity contribution in [1.29, 1.82) is 0 Å². The first-order valence-electron chi connectivity index (χ1n) is 18.4. The highest BCUT2D eigenvalue weighted by Gasteiger charge is 2.65. The largest absolute Gasteiger partial charge is 0.459 e. The smallest absolute Gasteiger partial charge is 0.311 e. The molecule has 0 aromatic rings. The quantitative estimate of drug-likeness (QED) is 0.220. The predicted molar refractivity (Wildman–Crippen MR) is 183 cm³/mol. The predicted octanol–water partition coefficient (Wildman–Crippen LogP) is 1.49. The van der Waals surface area contributed by atoms with Crippen molar-refractivity contribution >= 4 is 5.97 Å². The van der Waals surface area contributed by atoms with Crippen molar-refractivity contribution in [3.05, 3.63) is 0 Å². The summed E-state index contributed by atoms with van der Waals surface area (Å²) in [7, 11) is 7.19. The van der Waals surface area contributed by atoms with Crippen LogP contribution in [0.4, 0.5) is 0 Å². The number of rotatable bonds is 7. The second-order valence-electron chi connectivity index (χ2n) is 16.4. The Hall–Kier alpha value is -1.01. The minimum atomic E-state index is -1.75. The van der Waals surface area contributed by atoms with Gasteiger partial charge in [-0.25, -0.2) is 0 Å². The molecule has 4 fully saturated rings. The monoisotopic (exact) mass is 718 g/mol. The fourth-order valence-corrected chi connectivity index (χ4v) is 8.58. The lowest BCUT2D eigenvalue weighted by Crippen LogP contribution is -2.59. The molecule has 4 aliphatic rings. The number of aliphatic hydroxyl groups excluding tert-OH is 2. The van der Waals surface area contributed by atoms with Crippen LogP contribution in [0.5, 0.6) is 0 Å². The molecule has 3 unspecified atom stereocenters. The third kappa shape index (κ3) is 9.02. The summed E-state index contributed by atoms with van der Waals surface area (Å²) in [6.45, 7) is 14.9. The van der Waals surface area contributed by atoms with E-state index in [4.69, 9.17) is 33.2 Å². The van der Waals surface area contributed by atoms with Gasteiger partial charge in [-0.3, -0.25) is 4.79 Å². The van der Waals surface area contributed by atoms with E-state index in [-0.39, 0.29) is 56.1 Å². The first kappa shape index (κ1) is 41.7. The topological polar surface area (TPSA) is 172 Å². The molecule has 0 amide bonds. The van der Waals surface area contributed by atoms with Gasteiger partial charge in [-0.15, -0.1) is 0 Å². The molecule has 0 aromatic carbocycles. The van der Waals surface area contributed by atoms with E-state index < -0.39 is 77.9 Å². The van der Waals surface area contributed by atoms with Crippen molar-refractivity contribution < 1.29 is 58.4 Å². The fraction of sp³-hybridized carbons (Fsp3) is 0.972. The molecule has 50 heavy (non-hydrogen) atoms. The van der Waals surface area contributed by atoms with Crippen LogP contribution in [0.15, 0.2) is 0 Å². The highest BCUT2D eigenvalue weighted by molar-refractivity contribution is 5.73. The molecule has 14 nitrogen and oxygen atoms in total. The summed E-state index contributed by atoms with van der Waals surface area (Å²) in [4.78, 5) is 17.9. The second-order valence-corrected chi connectivity index (χ2v) is 16.4. The number of fused-ring (bicyclic) bond motifs is 1. The van der Waals surface area contributed by atoms with Gasteiger partial charge in [-0.05, 0) is 80.9 Å². The molecule has 0 aliphatic carbocycles. The Morgan fingerprint density at radius 2 is 1.66 bits per heavy atom. The molecular formula is C36H66N2O12. The zero-order valence-corrected chi connectivity index (χ0v) is 32.3. The average molecular weight is 719 g/mol. The normalized spacial score (nSPS) is 50.2. The van der Waals surface area contributed by atoms with E-state index in [9.17, 15) is 25.2 Å². The third-order valence-electron chi connectivity index (χ3n) is 11.5. The molecule has 0 radical (unpaired) electrons. The van der Waals surface area contributed by atoms with Gasteiger partial charge < -0.3 is 63.4 Å². The van der Waals surface area contributed by atoms with E-state index in [0.717, 1.165) is 0 Å². The number of aliphatic hydroxyl groups is 4. The molecule has 0 aromatic heterocycles. The lowest BCUT2D eigenvalue weighted by molar-refractivity contribution is -0.307.